The van der Waals surface area contributed by atoms with E-state index in [1.165, 1.54) is 57.7 Å². The Labute approximate surface area is 173 Å². The predicted molar refractivity (Wildman–Crippen MR) is 117 cm³/mol. The lowest BCUT2D eigenvalue weighted by Gasteiger charge is -2.42. The number of fused-ring (bicyclic) bond motifs is 2. The Bertz CT molecular complexity index is 903. The highest BCUT2D eigenvalue weighted by Crippen LogP contribution is 2.48. The molecule has 1 aromatic heterocycles. The van der Waals surface area contributed by atoms with Gasteiger partial charge in [-0.25, -0.2) is 0 Å². The Morgan fingerprint density at radius 1 is 1.11 bits per heavy atom. The van der Waals surface area contributed by atoms with E-state index in [4.69, 9.17) is 5.11 Å². The summed E-state index contributed by atoms with van der Waals surface area (Å²) in [4.78, 5) is 13.7. The van der Waals surface area contributed by atoms with Crippen molar-refractivity contribution < 1.29 is 9.90 Å². The SMILES string of the molecule is CC1(C)CCC(C)(C)c2cc(C3CCCc4sc(CCC(=O)O)cc43)ccc21. The second-order valence-electron chi connectivity index (χ2n) is 10.0. The molecular weight excluding hydrogens is 364 g/mol. The second kappa shape index (κ2) is 7.02. The van der Waals surface area contributed by atoms with E-state index in [2.05, 4.69) is 52.0 Å². The highest BCUT2D eigenvalue weighted by atomic mass is 32.1. The van der Waals surface area contributed by atoms with Crippen LogP contribution in [0.2, 0.25) is 0 Å². The Hall–Kier alpha value is -1.61. The molecule has 0 fully saturated rings. The van der Waals surface area contributed by atoms with Crippen molar-refractivity contribution in [3.05, 3.63) is 56.3 Å². The summed E-state index contributed by atoms with van der Waals surface area (Å²) in [6.45, 7) is 9.55. The molecule has 3 heteroatoms. The van der Waals surface area contributed by atoms with E-state index in [9.17, 15) is 4.79 Å². The van der Waals surface area contributed by atoms with Crippen LogP contribution in [-0.2, 0) is 28.5 Å². The van der Waals surface area contributed by atoms with Gasteiger partial charge < -0.3 is 5.11 Å². The molecule has 4 rings (SSSR count). The predicted octanol–water partition coefficient (Wildman–Crippen LogP) is 6.58. The highest BCUT2D eigenvalue weighted by molar-refractivity contribution is 7.12. The lowest BCUT2D eigenvalue weighted by atomic mass is 9.62. The van der Waals surface area contributed by atoms with Crippen molar-refractivity contribution in [2.75, 3.05) is 0 Å². The molecule has 28 heavy (non-hydrogen) atoms. The van der Waals surface area contributed by atoms with Gasteiger partial charge >= 0.3 is 5.97 Å². The third-order valence-corrected chi connectivity index (χ3v) is 8.30. The van der Waals surface area contributed by atoms with Gasteiger partial charge in [-0.3, -0.25) is 4.79 Å². The van der Waals surface area contributed by atoms with Gasteiger partial charge in [-0.15, -0.1) is 11.3 Å². The van der Waals surface area contributed by atoms with E-state index < -0.39 is 5.97 Å². The topological polar surface area (TPSA) is 37.3 Å². The Balaban J connectivity index is 1.71. The van der Waals surface area contributed by atoms with Gasteiger partial charge in [0.25, 0.3) is 0 Å². The Morgan fingerprint density at radius 2 is 1.82 bits per heavy atom. The van der Waals surface area contributed by atoms with Crippen molar-refractivity contribution in [3.8, 4) is 0 Å². The summed E-state index contributed by atoms with van der Waals surface area (Å²) in [5.41, 5.74) is 6.47. The molecule has 0 saturated heterocycles. The zero-order valence-corrected chi connectivity index (χ0v) is 18.4. The molecule has 150 valence electrons. The fourth-order valence-corrected chi connectivity index (χ4v) is 6.41. The van der Waals surface area contributed by atoms with Crippen LogP contribution in [-0.4, -0.2) is 11.1 Å². The quantitative estimate of drug-likeness (QED) is 0.633. The Morgan fingerprint density at radius 3 is 2.54 bits per heavy atom. The second-order valence-corrected chi connectivity index (χ2v) is 11.2. The van der Waals surface area contributed by atoms with Gasteiger partial charge in [-0.2, -0.15) is 0 Å². The first kappa shape index (κ1) is 19.7. The normalized spacial score (nSPS) is 22.4. The van der Waals surface area contributed by atoms with Crippen molar-refractivity contribution in [2.45, 2.75) is 89.4 Å². The number of carboxylic acids is 1. The molecular formula is C25H32O2S. The summed E-state index contributed by atoms with van der Waals surface area (Å²) in [5.74, 6) is -0.243. The molecule has 1 unspecified atom stereocenters. The van der Waals surface area contributed by atoms with Crippen LogP contribution in [0.5, 0.6) is 0 Å². The van der Waals surface area contributed by atoms with Gasteiger partial charge in [0.05, 0.1) is 6.42 Å². The minimum atomic E-state index is -0.706. The van der Waals surface area contributed by atoms with Crippen LogP contribution in [0.1, 0.15) is 97.7 Å². The van der Waals surface area contributed by atoms with Crippen LogP contribution in [0, 0.1) is 0 Å². The lowest BCUT2D eigenvalue weighted by molar-refractivity contribution is -0.136. The average molecular weight is 397 g/mol. The standard InChI is InChI=1S/C25H32O2S/c1-24(2)12-13-25(3,4)21-14-16(8-10-20(21)24)18-6-5-7-22-19(18)15-17(28-22)9-11-23(26)27/h8,10,14-15,18H,5-7,9,11-13H2,1-4H3,(H,26,27). The molecule has 0 aliphatic heterocycles. The van der Waals surface area contributed by atoms with Crippen LogP contribution in [0.4, 0.5) is 0 Å². The number of carboxylic acid groups (broad SMARTS) is 1. The lowest BCUT2D eigenvalue weighted by Crippen LogP contribution is -2.34. The largest absolute Gasteiger partial charge is 0.481 e. The van der Waals surface area contributed by atoms with Gasteiger partial charge in [0.1, 0.15) is 0 Å². The molecule has 1 aromatic carbocycles. The van der Waals surface area contributed by atoms with Gasteiger partial charge in [0, 0.05) is 15.7 Å². The van der Waals surface area contributed by atoms with E-state index in [0.717, 1.165) is 6.42 Å². The summed E-state index contributed by atoms with van der Waals surface area (Å²) >= 11 is 1.84. The van der Waals surface area contributed by atoms with E-state index in [0.29, 0.717) is 12.3 Å². The number of benzene rings is 1. The van der Waals surface area contributed by atoms with Crippen molar-refractivity contribution in [2.24, 2.45) is 0 Å². The number of hydrogen-bond donors (Lipinski definition) is 1. The van der Waals surface area contributed by atoms with Gasteiger partial charge in [0.15, 0.2) is 0 Å². The first-order chi connectivity index (χ1) is 13.2. The Kier molecular flexibility index (Phi) is 4.94. The monoisotopic (exact) mass is 396 g/mol. The molecule has 1 N–H and O–H groups in total. The van der Waals surface area contributed by atoms with Crippen LogP contribution in [0.25, 0.3) is 0 Å². The first-order valence-corrected chi connectivity index (χ1v) is 11.5. The van der Waals surface area contributed by atoms with Crippen molar-refractivity contribution >= 4 is 17.3 Å². The average Bonchev–Trinajstić information content (AvgIpc) is 3.07. The maximum atomic E-state index is 11.0. The number of aliphatic carboxylic acids is 1. The molecule has 2 aliphatic rings. The zero-order valence-electron chi connectivity index (χ0n) is 17.6. The molecule has 2 aliphatic carbocycles. The van der Waals surface area contributed by atoms with Crippen LogP contribution < -0.4 is 0 Å². The van der Waals surface area contributed by atoms with E-state index >= 15 is 0 Å². The van der Waals surface area contributed by atoms with Gasteiger partial charge in [-0.05, 0) is 77.7 Å². The molecule has 2 aromatic rings. The summed E-state index contributed by atoms with van der Waals surface area (Å²) < 4.78 is 0. The fourth-order valence-electron chi connectivity index (χ4n) is 5.14. The summed E-state index contributed by atoms with van der Waals surface area (Å²) in [5, 5.41) is 9.02. The molecule has 0 bridgehead atoms. The summed E-state index contributed by atoms with van der Waals surface area (Å²) in [6, 6.07) is 9.58. The van der Waals surface area contributed by atoms with Gasteiger partial charge in [-0.1, -0.05) is 45.9 Å². The van der Waals surface area contributed by atoms with E-state index in [-0.39, 0.29) is 17.3 Å². The first-order valence-electron chi connectivity index (χ1n) is 10.7. The van der Waals surface area contributed by atoms with Crippen LogP contribution >= 0.6 is 11.3 Å². The molecule has 2 nitrogen and oxygen atoms in total. The van der Waals surface area contributed by atoms with Crippen LogP contribution in [0.3, 0.4) is 0 Å². The molecule has 0 amide bonds. The number of hydrogen-bond acceptors (Lipinski definition) is 2. The smallest absolute Gasteiger partial charge is 0.303 e. The van der Waals surface area contributed by atoms with Crippen LogP contribution in [0.15, 0.2) is 24.3 Å². The minimum Gasteiger partial charge on any atom is -0.481 e. The molecule has 1 heterocycles. The third-order valence-electron chi connectivity index (χ3n) is 7.03. The number of carbonyl (C=O) groups is 1. The van der Waals surface area contributed by atoms with E-state index in [1.807, 2.05) is 11.3 Å². The van der Waals surface area contributed by atoms with Crippen molar-refractivity contribution in [1.82, 2.24) is 0 Å². The zero-order chi connectivity index (χ0) is 20.1. The molecule has 0 saturated carbocycles. The summed E-state index contributed by atoms with van der Waals surface area (Å²) in [7, 11) is 0. The van der Waals surface area contributed by atoms with Gasteiger partial charge in [0.2, 0.25) is 0 Å². The maximum Gasteiger partial charge on any atom is 0.303 e. The van der Waals surface area contributed by atoms with Crippen molar-refractivity contribution in [3.63, 3.8) is 0 Å². The number of rotatable bonds is 4. The molecule has 1 atom stereocenters. The third kappa shape index (κ3) is 3.54. The highest BCUT2D eigenvalue weighted by Gasteiger charge is 2.37. The summed E-state index contributed by atoms with van der Waals surface area (Å²) in [6.07, 6.45) is 6.94. The fraction of sp³-hybridized carbons (Fsp3) is 0.560. The number of thiophene rings is 1. The minimum absolute atomic E-state index is 0.228. The molecule has 0 spiro atoms. The number of aryl methyl sites for hydroxylation is 2. The molecule has 0 radical (unpaired) electrons. The van der Waals surface area contributed by atoms with E-state index in [1.54, 1.807) is 0 Å². The van der Waals surface area contributed by atoms with Crippen molar-refractivity contribution in [1.29, 1.82) is 0 Å². The maximum absolute atomic E-state index is 11.0.